The molecule has 0 aromatic heterocycles. The summed E-state index contributed by atoms with van der Waals surface area (Å²) >= 11 is 0. The third kappa shape index (κ3) is 5.41. The van der Waals surface area contributed by atoms with Crippen LogP contribution in [0.25, 0.3) is 10.8 Å². The van der Waals surface area contributed by atoms with Crippen molar-refractivity contribution >= 4 is 16.7 Å². The van der Waals surface area contributed by atoms with E-state index in [1.807, 2.05) is 24.3 Å². The number of rotatable bonds is 5. The first kappa shape index (κ1) is 23.4. The van der Waals surface area contributed by atoms with Crippen LogP contribution in [0.5, 0.6) is 5.75 Å². The second-order valence-corrected chi connectivity index (χ2v) is 9.13. The van der Waals surface area contributed by atoms with Gasteiger partial charge in [-0.1, -0.05) is 18.2 Å². The maximum absolute atomic E-state index is 12.9. The fourth-order valence-electron chi connectivity index (χ4n) is 4.95. The Hall–Kier alpha value is -2.79. The monoisotopic (exact) mass is 460 g/mol. The predicted molar refractivity (Wildman–Crippen MR) is 117 cm³/mol. The Labute approximate surface area is 190 Å². The van der Waals surface area contributed by atoms with Crippen molar-refractivity contribution in [3.63, 3.8) is 0 Å². The zero-order chi connectivity index (χ0) is 23.6. The van der Waals surface area contributed by atoms with Gasteiger partial charge in [0.2, 0.25) is 0 Å². The van der Waals surface area contributed by atoms with Crippen LogP contribution in [0.15, 0.2) is 30.3 Å². The highest BCUT2D eigenvalue weighted by Crippen LogP contribution is 2.39. The topological polar surface area (TPSA) is 73.6 Å². The molecule has 1 saturated carbocycles. The van der Waals surface area contributed by atoms with Crippen LogP contribution < -0.4 is 4.74 Å². The molecule has 0 unspecified atom stereocenters. The normalized spacial score (nSPS) is 22.7. The number of nitrogens with zero attached hydrogens (tertiary/aromatic N) is 2. The molecule has 176 valence electrons. The van der Waals surface area contributed by atoms with Gasteiger partial charge in [-0.2, -0.15) is 18.4 Å². The van der Waals surface area contributed by atoms with Crippen molar-refractivity contribution in [2.24, 2.45) is 11.8 Å². The van der Waals surface area contributed by atoms with Crippen LogP contribution in [-0.4, -0.2) is 41.3 Å². The molecule has 1 aliphatic carbocycles. The highest BCUT2D eigenvalue weighted by atomic mass is 19.4. The molecule has 2 aliphatic rings. The summed E-state index contributed by atoms with van der Waals surface area (Å²) in [6.45, 7) is 2.19. The fourth-order valence-corrected chi connectivity index (χ4v) is 4.95. The molecule has 0 spiro atoms. The van der Waals surface area contributed by atoms with E-state index in [-0.39, 0.29) is 24.9 Å². The average Bonchev–Trinajstić information content (AvgIpc) is 2.79. The summed E-state index contributed by atoms with van der Waals surface area (Å²) in [5.41, 5.74) is 1.48. The minimum Gasteiger partial charge on any atom is -0.489 e. The lowest BCUT2D eigenvalue weighted by atomic mass is 9.87. The molecule has 4 rings (SSSR count). The number of hydrogen-bond acceptors (Lipinski definition) is 4. The van der Waals surface area contributed by atoms with Crippen LogP contribution in [0.2, 0.25) is 0 Å². The SMILES string of the molecule is N#Cc1c(O[C@H]2CC[C@@H](C(F)(F)F)CC2)ccc2cc(CN3CCC(C(=O)O)CC3)ccc12. The summed E-state index contributed by atoms with van der Waals surface area (Å²) in [5.74, 6) is -1.84. The molecule has 5 nitrogen and oxygen atoms in total. The number of alkyl halides is 3. The molecule has 0 amide bonds. The maximum atomic E-state index is 12.9. The highest BCUT2D eigenvalue weighted by Gasteiger charge is 2.41. The van der Waals surface area contributed by atoms with Crippen LogP contribution in [0.4, 0.5) is 13.2 Å². The van der Waals surface area contributed by atoms with Crippen molar-refractivity contribution in [2.45, 2.75) is 57.3 Å². The summed E-state index contributed by atoms with van der Waals surface area (Å²) < 4.78 is 44.7. The Morgan fingerprint density at radius 1 is 1.09 bits per heavy atom. The lowest BCUT2D eigenvalue weighted by Gasteiger charge is -2.30. The average molecular weight is 460 g/mol. The van der Waals surface area contributed by atoms with Crippen molar-refractivity contribution in [1.29, 1.82) is 5.26 Å². The lowest BCUT2D eigenvalue weighted by molar-refractivity contribution is -0.185. The molecule has 0 bridgehead atoms. The van der Waals surface area contributed by atoms with Crippen molar-refractivity contribution in [3.8, 4) is 11.8 Å². The predicted octanol–water partition coefficient (Wildman–Crippen LogP) is 5.51. The van der Waals surface area contributed by atoms with Gasteiger partial charge in [-0.3, -0.25) is 9.69 Å². The largest absolute Gasteiger partial charge is 0.489 e. The highest BCUT2D eigenvalue weighted by molar-refractivity contribution is 5.90. The molecule has 2 aromatic carbocycles. The first-order valence-corrected chi connectivity index (χ1v) is 11.4. The number of piperidine rings is 1. The Morgan fingerprint density at radius 3 is 2.39 bits per heavy atom. The smallest absolute Gasteiger partial charge is 0.391 e. The van der Waals surface area contributed by atoms with Gasteiger partial charge in [-0.05, 0) is 74.7 Å². The molecule has 1 heterocycles. The third-order valence-electron chi connectivity index (χ3n) is 6.93. The number of carboxylic acid groups (broad SMARTS) is 1. The quantitative estimate of drug-likeness (QED) is 0.637. The van der Waals surface area contributed by atoms with Crippen LogP contribution in [-0.2, 0) is 11.3 Å². The molecule has 0 radical (unpaired) electrons. The fraction of sp³-hybridized carbons (Fsp3) is 0.520. The van der Waals surface area contributed by atoms with Gasteiger partial charge in [0.25, 0.3) is 0 Å². The summed E-state index contributed by atoms with van der Waals surface area (Å²) in [4.78, 5) is 13.4. The standard InChI is InChI=1S/C25H27F3N2O3/c26-25(27,28)19-3-5-20(6-4-19)33-23-8-2-18-13-16(1-7-21(18)22(23)14-29)15-30-11-9-17(10-12-30)24(31)32/h1-2,7-8,13,17,19-20H,3-6,9-12,15H2,(H,31,32)/t19-,20+. The Bertz CT molecular complexity index is 1050. The number of nitriles is 1. The van der Waals surface area contributed by atoms with E-state index in [0.717, 1.165) is 29.4 Å². The van der Waals surface area contributed by atoms with Crippen molar-refractivity contribution in [2.75, 3.05) is 13.1 Å². The molecular formula is C25H27F3N2O3. The number of carbonyl (C=O) groups is 1. The van der Waals surface area contributed by atoms with Gasteiger partial charge in [-0.25, -0.2) is 0 Å². The van der Waals surface area contributed by atoms with Gasteiger partial charge in [0.1, 0.15) is 17.4 Å². The molecule has 1 N–H and O–H groups in total. The Balaban J connectivity index is 1.43. The first-order valence-electron chi connectivity index (χ1n) is 11.4. The number of fused-ring (bicyclic) bond motifs is 1. The maximum Gasteiger partial charge on any atom is 0.391 e. The molecule has 2 fully saturated rings. The number of carboxylic acids is 1. The number of likely N-dealkylation sites (tertiary alicyclic amines) is 1. The van der Waals surface area contributed by atoms with E-state index in [4.69, 9.17) is 9.84 Å². The van der Waals surface area contributed by atoms with Crippen molar-refractivity contribution in [3.05, 3.63) is 41.5 Å². The van der Waals surface area contributed by atoms with Crippen LogP contribution in [0, 0.1) is 23.2 Å². The van der Waals surface area contributed by atoms with Gasteiger partial charge < -0.3 is 9.84 Å². The summed E-state index contributed by atoms with van der Waals surface area (Å²) in [7, 11) is 0. The molecule has 2 aromatic rings. The summed E-state index contributed by atoms with van der Waals surface area (Å²) in [6, 6.07) is 11.7. The van der Waals surface area contributed by atoms with E-state index in [2.05, 4.69) is 11.0 Å². The first-order chi connectivity index (χ1) is 15.7. The number of ether oxygens (including phenoxy) is 1. The van der Waals surface area contributed by atoms with Gasteiger partial charge >= 0.3 is 12.1 Å². The zero-order valence-electron chi connectivity index (χ0n) is 18.3. The van der Waals surface area contributed by atoms with E-state index >= 15 is 0 Å². The molecule has 33 heavy (non-hydrogen) atoms. The molecule has 1 saturated heterocycles. The van der Waals surface area contributed by atoms with E-state index in [1.54, 1.807) is 6.07 Å². The Morgan fingerprint density at radius 2 is 1.79 bits per heavy atom. The van der Waals surface area contributed by atoms with E-state index in [0.29, 0.717) is 43.5 Å². The minimum absolute atomic E-state index is 0.0523. The summed E-state index contributed by atoms with van der Waals surface area (Å²) in [5, 5.41) is 20.6. The second kappa shape index (κ2) is 9.60. The molecule has 1 aliphatic heterocycles. The van der Waals surface area contributed by atoms with Gasteiger partial charge in [0, 0.05) is 11.9 Å². The third-order valence-corrected chi connectivity index (χ3v) is 6.93. The molecule has 8 heteroatoms. The van der Waals surface area contributed by atoms with Crippen LogP contribution >= 0.6 is 0 Å². The minimum atomic E-state index is -4.16. The van der Waals surface area contributed by atoms with E-state index in [1.165, 1.54) is 0 Å². The summed E-state index contributed by atoms with van der Waals surface area (Å²) in [6.07, 6.45) is -2.43. The molecular weight excluding hydrogens is 433 g/mol. The van der Waals surface area contributed by atoms with Crippen LogP contribution in [0.1, 0.15) is 49.7 Å². The van der Waals surface area contributed by atoms with E-state index < -0.39 is 18.1 Å². The number of hydrogen-bond donors (Lipinski definition) is 1. The lowest BCUT2D eigenvalue weighted by Crippen LogP contribution is -2.35. The van der Waals surface area contributed by atoms with Crippen molar-refractivity contribution in [1.82, 2.24) is 4.90 Å². The van der Waals surface area contributed by atoms with Gasteiger partial charge in [-0.15, -0.1) is 0 Å². The number of aliphatic carboxylic acids is 1. The van der Waals surface area contributed by atoms with E-state index in [9.17, 15) is 23.2 Å². The van der Waals surface area contributed by atoms with Gasteiger partial charge in [0.15, 0.2) is 0 Å². The number of halogens is 3. The zero-order valence-corrected chi connectivity index (χ0v) is 18.3. The number of benzene rings is 2. The van der Waals surface area contributed by atoms with Crippen molar-refractivity contribution < 1.29 is 27.8 Å². The van der Waals surface area contributed by atoms with Gasteiger partial charge in [0.05, 0.1) is 17.9 Å². The Kier molecular flexibility index (Phi) is 6.80. The second-order valence-electron chi connectivity index (χ2n) is 9.13. The molecule has 0 atom stereocenters. The van der Waals surface area contributed by atoms with Crippen LogP contribution in [0.3, 0.4) is 0 Å².